The molecule has 16 heavy (non-hydrogen) atoms. The maximum Gasteiger partial charge on any atom is 0.135 e. The number of aliphatic hydroxyl groups excluding tert-OH is 1. The zero-order chi connectivity index (χ0) is 11.5. The summed E-state index contributed by atoms with van der Waals surface area (Å²) in [6, 6.07) is 1.72. The fourth-order valence-corrected chi connectivity index (χ4v) is 1.58. The summed E-state index contributed by atoms with van der Waals surface area (Å²) in [5.74, 6) is 2.29. The van der Waals surface area contributed by atoms with Gasteiger partial charge in [-0.05, 0) is 18.8 Å². The van der Waals surface area contributed by atoms with Gasteiger partial charge in [0.1, 0.15) is 16.8 Å². The van der Waals surface area contributed by atoms with E-state index in [0.717, 1.165) is 24.5 Å². The van der Waals surface area contributed by atoms with Crippen LogP contribution in [0.4, 0.5) is 5.82 Å². The zero-order valence-corrected chi connectivity index (χ0v) is 10.0. The predicted octanol–water partition coefficient (Wildman–Crippen LogP) is 2.05. The first-order valence-electron chi connectivity index (χ1n) is 5.58. The highest BCUT2D eigenvalue weighted by molar-refractivity contribution is 6.29. The minimum Gasteiger partial charge on any atom is -0.396 e. The second kappa shape index (κ2) is 4.97. The Bertz CT molecular complexity index is 368. The van der Waals surface area contributed by atoms with Crippen LogP contribution in [-0.2, 0) is 0 Å². The van der Waals surface area contributed by atoms with Crippen LogP contribution in [-0.4, -0.2) is 28.2 Å². The highest BCUT2D eigenvalue weighted by atomic mass is 35.5. The number of nitrogens with one attached hydrogen (secondary N) is 1. The molecule has 1 aliphatic rings. The summed E-state index contributed by atoms with van der Waals surface area (Å²) in [7, 11) is 0. The highest BCUT2D eigenvalue weighted by Crippen LogP contribution is 2.38. The average molecular weight is 242 g/mol. The van der Waals surface area contributed by atoms with Crippen LogP contribution < -0.4 is 5.32 Å². The topological polar surface area (TPSA) is 58.0 Å². The molecule has 1 heterocycles. The second-order valence-electron chi connectivity index (χ2n) is 4.38. The van der Waals surface area contributed by atoms with Gasteiger partial charge in [0.15, 0.2) is 0 Å². The summed E-state index contributed by atoms with van der Waals surface area (Å²) in [5.41, 5.74) is 0. The summed E-state index contributed by atoms with van der Waals surface area (Å²) in [4.78, 5) is 8.62. The highest BCUT2D eigenvalue weighted by Gasteiger charge is 2.27. The van der Waals surface area contributed by atoms with Crippen molar-refractivity contribution >= 4 is 17.4 Å². The van der Waals surface area contributed by atoms with E-state index in [-0.39, 0.29) is 12.5 Å². The number of aromatic nitrogens is 2. The van der Waals surface area contributed by atoms with Crippen molar-refractivity contribution < 1.29 is 5.11 Å². The van der Waals surface area contributed by atoms with Crippen LogP contribution in [0.25, 0.3) is 0 Å². The van der Waals surface area contributed by atoms with E-state index in [9.17, 15) is 0 Å². The lowest BCUT2D eigenvalue weighted by atomic mass is 10.2. The minimum absolute atomic E-state index is 0.168. The number of anilines is 1. The Morgan fingerprint density at radius 2 is 2.31 bits per heavy atom. The molecule has 1 aromatic heterocycles. The van der Waals surface area contributed by atoms with Gasteiger partial charge >= 0.3 is 0 Å². The van der Waals surface area contributed by atoms with Crippen molar-refractivity contribution in [2.45, 2.75) is 25.7 Å². The molecule has 1 unspecified atom stereocenters. The Morgan fingerprint density at radius 3 is 2.94 bits per heavy atom. The van der Waals surface area contributed by atoms with Crippen molar-refractivity contribution in [1.29, 1.82) is 0 Å². The summed E-state index contributed by atoms with van der Waals surface area (Å²) >= 11 is 5.93. The molecule has 0 spiro atoms. The monoisotopic (exact) mass is 241 g/mol. The van der Waals surface area contributed by atoms with Gasteiger partial charge in [-0.1, -0.05) is 18.5 Å². The molecular formula is C11H16ClN3O. The molecule has 1 atom stereocenters. The van der Waals surface area contributed by atoms with Crippen molar-refractivity contribution in [3.05, 3.63) is 17.0 Å². The quantitative estimate of drug-likeness (QED) is 0.775. The molecule has 2 N–H and O–H groups in total. The Balaban J connectivity index is 2.02. The van der Waals surface area contributed by atoms with E-state index in [4.69, 9.17) is 16.7 Å². The van der Waals surface area contributed by atoms with E-state index in [1.807, 2.05) is 6.92 Å². The standard InChI is InChI=1S/C11H16ClN3O/c1-7(6-16)5-13-10-4-9(12)14-11(15-10)8-2-3-8/h4,7-8,16H,2-3,5-6H2,1H3,(H,13,14,15). The number of hydrogen-bond acceptors (Lipinski definition) is 4. The van der Waals surface area contributed by atoms with Crippen LogP contribution in [0, 0.1) is 5.92 Å². The number of aliphatic hydroxyl groups is 1. The lowest BCUT2D eigenvalue weighted by Gasteiger charge is -2.11. The maximum absolute atomic E-state index is 8.92. The van der Waals surface area contributed by atoms with E-state index >= 15 is 0 Å². The molecule has 1 aliphatic carbocycles. The van der Waals surface area contributed by atoms with E-state index in [2.05, 4.69) is 15.3 Å². The molecule has 0 aromatic carbocycles. The van der Waals surface area contributed by atoms with Gasteiger partial charge in [0.25, 0.3) is 0 Å². The third-order valence-corrected chi connectivity index (χ3v) is 2.79. The van der Waals surface area contributed by atoms with E-state index < -0.39 is 0 Å². The van der Waals surface area contributed by atoms with E-state index in [1.165, 1.54) is 0 Å². The van der Waals surface area contributed by atoms with Gasteiger partial charge in [0, 0.05) is 25.1 Å². The molecule has 0 saturated heterocycles. The van der Waals surface area contributed by atoms with Crippen LogP contribution in [0.15, 0.2) is 6.07 Å². The number of rotatable bonds is 5. The van der Waals surface area contributed by atoms with Gasteiger partial charge in [-0.2, -0.15) is 0 Å². The van der Waals surface area contributed by atoms with Crippen molar-refractivity contribution in [2.24, 2.45) is 5.92 Å². The minimum atomic E-state index is 0.168. The largest absolute Gasteiger partial charge is 0.396 e. The Labute approximate surface area is 100 Å². The average Bonchev–Trinajstić information content (AvgIpc) is 3.09. The molecule has 4 nitrogen and oxygen atoms in total. The summed E-state index contributed by atoms with van der Waals surface area (Å²) < 4.78 is 0. The smallest absolute Gasteiger partial charge is 0.135 e. The SMILES string of the molecule is CC(CO)CNc1cc(Cl)nc(C2CC2)n1. The molecule has 1 aromatic rings. The first-order valence-corrected chi connectivity index (χ1v) is 5.96. The summed E-state index contributed by atoms with van der Waals surface area (Å²) in [6.45, 7) is 2.83. The summed E-state index contributed by atoms with van der Waals surface area (Å²) in [6.07, 6.45) is 2.32. The van der Waals surface area contributed by atoms with Crippen molar-refractivity contribution in [3.8, 4) is 0 Å². The molecule has 0 bridgehead atoms. The van der Waals surface area contributed by atoms with Crippen molar-refractivity contribution in [2.75, 3.05) is 18.5 Å². The Morgan fingerprint density at radius 1 is 1.56 bits per heavy atom. The van der Waals surface area contributed by atoms with Crippen LogP contribution >= 0.6 is 11.6 Å². The Hall–Kier alpha value is -0.870. The van der Waals surface area contributed by atoms with Gasteiger partial charge in [0.05, 0.1) is 0 Å². The number of halogens is 1. The molecule has 2 rings (SSSR count). The maximum atomic E-state index is 8.92. The van der Waals surface area contributed by atoms with Gasteiger partial charge in [-0.15, -0.1) is 0 Å². The summed E-state index contributed by atoms with van der Waals surface area (Å²) in [5, 5.41) is 12.6. The van der Waals surface area contributed by atoms with Crippen molar-refractivity contribution in [3.63, 3.8) is 0 Å². The van der Waals surface area contributed by atoms with Crippen LogP contribution in [0.3, 0.4) is 0 Å². The molecule has 1 fully saturated rings. The zero-order valence-electron chi connectivity index (χ0n) is 9.28. The van der Waals surface area contributed by atoms with Crippen LogP contribution in [0.2, 0.25) is 5.15 Å². The lowest BCUT2D eigenvalue weighted by molar-refractivity contribution is 0.244. The lowest BCUT2D eigenvalue weighted by Crippen LogP contribution is -2.15. The fraction of sp³-hybridized carbons (Fsp3) is 0.636. The third-order valence-electron chi connectivity index (χ3n) is 2.60. The number of hydrogen-bond donors (Lipinski definition) is 2. The Kier molecular flexibility index (Phi) is 3.61. The molecule has 0 aliphatic heterocycles. The first kappa shape index (κ1) is 11.6. The van der Waals surface area contributed by atoms with Gasteiger partial charge in [-0.25, -0.2) is 9.97 Å². The van der Waals surface area contributed by atoms with E-state index in [0.29, 0.717) is 17.6 Å². The second-order valence-corrected chi connectivity index (χ2v) is 4.76. The fourth-order valence-electron chi connectivity index (χ4n) is 1.39. The van der Waals surface area contributed by atoms with Crippen molar-refractivity contribution in [1.82, 2.24) is 9.97 Å². The van der Waals surface area contributed by atoms with Gasteiger partial charge in [-0.3, -0.25) is 0 Å². The van der Waals surface area contributed by atoms with Crippen LogP contribution in [0.1, 0.15) is 31.5 Å². The van der Waals surface area contributed by atoms with Gasteiger partial charge in [0.2, 0.25) is 0 Å². The normalized spacial score (nSPS) is 17.2. The molecule has 0 amide bonds. The predicted molar refractivity (Wildman–Crippen MR) is 63.8 cm³/mol. The molecule has 88 valence electrons. The molecule has 1 saturated carbocycles. The first-order chi connectivity index (χ1) is 7.69. The molecular weight excluding hydrogens is 226 g/mol. The van der Waals surface area contributed by atoms with Crippen LogP contribution in [0.5, 0.6) is 0 Å². The third kappa shape index (κ3) is 3.06. The van der Waals surface area contributed by atoms with Gasteiger partial charge < -0.3 is 10.4 Å². The molecule has 5 heteroatoms. The molecule has 0 radical (unpaired) electrons. The number of nitrogens with zero attached hydrogens (tertiary/aromatic N) is 2. The van der Waals surface area contributed by atoms with E-state index in [1.54, 1.807) is 6.07 Å².